The average Bonchev–Trinajstić information content (AvgIpc) is 2.76. The van der Waals surface area contributed by atoms with Gasteiger partial charge >= 0.3 is 0 Å². The molecule has 28 heavy (non-hydrogen) atoms. The lowest BCUT2D eigenvalue weighted by atomic mass is 10.1. The Kier molecular flexibility index (Phi) is 6.89. The molecule has 0 bridgehead atoms. The van der Waals surface area contributed by atoms with Gasteiger partial charge in [-0.3, -0.25) is 9.59 Å². The highest BCUT2D eigenvalue weighted by Crippen LogP contribution is 2.18. The summed E-state index contributed by atoms with van der Waals surface area (Å²) in [5, 5.41) is 0. The summed E-state index contributed by atoms with van der Waals surface area (Å²) in [6, 6.07) is 17.0. The number of piperazine rings is 1. The van der Waals surface area contributed by atoms with Crippen molar-refractivity contribution < 1.29 is 19.1 Å². The molecule has 0 aliphatic carbocycles. The maximum Gasteiger partial charge on any atom is 0.260 e. The van der Waals surface area contributed by atoms with Crippen molar-refractivity contribution in [2.75, 3.05) is 39.4 Å². The number of hydrogen-bond acceptors (Lipinski definition) is 4. The molecule has 6 heteroatoms. The second-order valence-corrected chi connectivity index (χ2v) is 6.61. The SMILES string of the molecule is CCc1ccccc1OCC(=O)N1CCN(C(=O)COc2ccccc2)CC1. The fourth-order valence-electron chi connectivity index (χ4n) is 3.13. The van der Waals surface area contributed by atoms with Crippen molar-refractivity contribution in [3.8, 4) is 11.5 Å². The number of carbonyl (C=O) groups excluding carboxylic acids is 2. The van der Waals surface area contributed by atoms with Crippen LogP contribution in [-0.2, 0) is 16.0 Å². The molecule has 0 spiro atoms. The first kappa shape index (κ1) is 19.7. The van der Waals surface area contributed by atoms with E-state index >= 15 is 0 Å². The molecule has 3 rings (SSSR count). The molecule has 1 saturated heterocycles. The smallest absolute Gasteiger partial charge is 0.260 e. The summed E-state index contributed by atoms with van der Waals surface area (Å²) in [5.41, 5.74) is 1.09. The van der Waals surface area contributed by atoms with Crippen molar-refractivity contribution in [3.05, 3.63) is 60.2 Å². The standard InChI is InChI=1S/C22H26N2O4/c1-2-18-8-6-7-11-20(18)28-17-22(26)24-14-12-23(13-15-24)21(25)16-27-19-9-4-3-5-10-19/h3-11H,2,12-17H2,1H3. The normalized spacial score (nSPS) is 13.9. The zero-order chi connectivity index (χ0) is 19.8. The number of nitrogens with zero attached hydrogens (tertiary/aromatic N) is 2. The van der Waals surface area contributed by atoms with Gasteiger partial charge in [-0.05, 0) is 30.2 Å². The van der Waals surface area contributed by atoms with Crippen LogP contribution in [0.4, 0.5) is 0 Å². The molecule has 0 saturated carbocycles. The van der Waals surface area contributed by atoms with Gasteiger partial charge in [-0.2, -0.15) is 0 Å². The maximum atomic E-state index is 12.4. The molecular formula is C22H26N2O4. The number of amides is 2. The van der Waals surface area contributed by atoms with Crippen molar-refractivity contribution in [3.63, 3.8) is 0 Å². The summed E-state index contributed by atoms with van der Waals surface area (Å²) in [5.74, 6) is 1.31. The van der Waals surface area contributed by atoms with Crippen molar-refractivity contribution in [2.45, 2.75) is 13.3 Å². The van der Waals surface area contributed by atoms with E-state index in [2.05, 4.69) is 6.92 Å². The number of benzene rings is 2. The van der Waals surface area contributed by atoms with Gasteiger partial charge in [-0.1, -0.05) is 43.3 Å². The van der Waals surface area contributed by atoms with Crippen molar-refractivity contribution in [2.24, 2.45) is 0 Å². The molecule has 148 valence electrons. The van der Waals surface area contributed by atoms with E-state index in [4.69, 9.17) is 9.47 Å². The number of rotatable bonds is 7. The molecule has 6 nitrogen and oxygen atoms in total. The minimum atomic E-state index is -0.0657. The summed E-state index contributed by atoms with van der Waals surface area (Å²) >= 11 is 0. The average molecular weight is 382 g/mol. The van der Waals surface area contributed by atoms with Gasteiger partial charge in [-0.25, -0.2) is 0 Å². The Hall–Kier alpha value is -3.02. The lowest BCUT2D eigenvalue weighted by molar-refractivity contribution is -0.141. The Balaban J connectivity index is 1.41. The van der Waals surface area contributed by atoms with E-state index in [0.29, 0.717) is 31.9 Å². The van der Waals surface area contributed by atoms with Crippen LogP contribution >= 0.6 is 0 Å². The molecule has 0 aromatic heterocycles. The van der Waals surface area contributed by atoms with Crippen LogP contribution in [0, 0.1) is 0 Å². The fourth-order valence-corrected chi connectivity index (χ4v) is 3.13. The first-order valence-electron chi connectivity index (χ1n) is 9.61. The topological polar surface area (TPSA) is 59.1 Å². The molecule has 0 radical (unpaired) electrons. The van der Waals surface area contributed by atoms with Crippen LogP contribution in [0.25, 0.3) is 0 Å². The van der Waals surface area contributed by atoms with Crippen LogP contribution in [0.1, 0.15) is 12.5 Å². The van der Waals surface area contributed by atoms with Crippen LogP contribution in [0.2, 0.25) is 0 Å². The van der Waals surface area contributed by atoms with Crippen molar-refractivity contribution in [1.82, 2.24) is 9.80 Å². The predicted molar refractivity (Wildman–Crippen MR) is 106 cm³/mol. The third-order valence-electron chi connectivity index (χ3n) is 4.80. The molecule has 1 fully saturated rings. The van der Waals surface area contributed by atoms with E-state index in [-0.39, 0.29) is 25.0 Å². The summed E-state index contributed by atoms with van der Waals surface area (Å²) < 4.78 is 11.2. The van der Waals surface area contributed by atoms with Crippen LogP contribution in [0.15, 0.2) is 54.6 Å². The molecule has 2 aromatic rings. The maximum absolute atomic E-state index is 12.4. The Bertz CT molecular complexity index is 786. The molecular weight excluding hydrogens is 356 g/mol. The first-order chi connectivity index (χ1) is 13.7. The second kappa shape index (κ2) is 9.78. The molecule has 0 atom stereocenters. The number of aryl methyl sites for hydroxylation is 1. The minimum Gasteiger partial charge on any atom is -0.484 e. The fraction of sp³-hybridized carbons (Fsp3) is 0.364. The minimum absolute atomic E-state index is 0.00880. The molecule has 1 aliphatic rings. The monoisotopic (exact) mass is 382 g/mol. The van der Waals surface area contributed by atoms with E-state index in [0.717, 1.165) is 17.7 Å². The summed E-state index contributed by atoms with van der Waals surface area (Å²) in [4.78, 5) is 28.2. The van der Waals surface area contributed by atoms with E-state index in [1.807, 2.05) is 54.6 Å². The van der Waals surface area contributed by atoms with Gasteiger partial charge in [0.25, 0.3) is 11.8 Å². The summed E-state index contributed by atoms with van der Waals surface area (Å²) in [6.45, 7) is 4.12. The van der Waals surface area contributed by atoms with Gasteiger partial charge in [0, 0.05) is 26.2 Å². The van der Waals surface area contributed by atoms with E-state index < -0.39 is 0 Å². The number of para-hydroxylation sites is 2. The summed E-state index contributed by atoms with van der Waals surface area (Å²) in [7, 11) is 0. The van der Waals surface area contributed by atoms with E-state index in [1.54, 1.807) is 9.80 Å². The lowest BCUT2D eigenvalue weighted by Crippen LogP contribution is -2.52. The number of ether oxygens (including phenoxy) is 2. The second-order valence-electron chi connectivity index (χ2n) is 6.61. The number of carbonyl (C=O) groups is 2. The predicted octanol–water partition coefficient (Wildman–Crippen LogP) is 2.38. The first-order valence-corrected chi connectivity index (χ1v) is 9.61. The third-order valence-corrected chi connectivity index (χ3v) is 4.80. The van der Waals surface area contributed by atoms with Gasteiger partial charge in [0.2, 0.25) is 0 Å². The molecule has 0 N–H and O–H groups in total. The van der Waals surface area contributed by atoms with Gasteiger partial charge < -0.3 is 19.3 Å². The van der Waals surface area contributed by atoms with Crippen LogP contribution in [0.5, 0.6) is 11.5 Å². The molecule has 2 aromatic carbocycles. The van der Waals surface area contributed by atoms with Crippen LogP contribution in [0.3, 0.4) is 0 Å². The Morgan fingerprint density at radius 3 is 1.93 bits per heavy atom. The third kappa shape index (κ3) is 5.25. The van der Waals surface area contributed by atoms with Gasteiger partial charge in [0.1, 0.15) is 11.5 Å². The quantitative estimate of drug-likeness (QED) is 0.738. The van der Waals surface area contributed by atoms with E-state index in [1.165, 1.54) is 0 Å². The molecule has 1 heterocycles. The zero-order valence-electron chi connectivity index (χ0n) is 16.2. The molecule has 2 amide bonds. The van der Waals surface area contributed by atoms with Crippen molar-refractivity contribution >= 4 is 11.8 Å². The highest BCUT2D eigenvalue weighted by Gasteiger charge is 2.24. The number of hydrogen-bond donors (Lipinski definition) is 0. The van der Waals surface area contributed by atoms with E-state index in [9.17, 15) is 9.59 Å². The van der Waals surface area contributed by atoms with Gasteiger partial charge in [0.05, 0.1) is 0 Å². The highest BCUT2D eigenvalue weighted by molar-refractivity contribution is 5.80. The van der Waals surface area contributed by atoms with Gasteiger partial charge in [0.15, 0.2) is 13.2 Å². The lowest BCUT2D eigenvalue weighted by Gasteiger charge is -2.34. The van der Waals surface area contributed by atoms with Crippen LogP contribution < -0.4 is 9.47 Å². The Labute approximate surface area is 165 Å². The van der Waals surface area contributed by atoms with Crippen molar-refractivity contribution in [1.29, 1.82) is 0 Å². The van der Waals surface area contributed by atoms with Crippen LogP contribution in [-0.4, -0.2) is 61.0 Å². The Morgan fingerprint density at radius 1 is 0.786 bits per heavy atom. The summed E-state index contributed by atoms with van der Waals surface area (Å²) in [6.07, 6.45) is 0.857. The highest BCUT2D eigenvalue weighted by atomic mass is 16.5. The molecule has 0 unspecified atom stereocenters. The van der Waals surface area contributed by atoms with Gasteiger partial charge in [-0.15, -0.1) is 0 Å². The zero-order valence-corrected chi connectivity index (χ0v) is 16.2. The Morgan fingerprint density at radius 2 is 1.32 bits per heavy atom. The largest absolute Gasteiger partial charge is 0.484 e. The molecule has 1 aliphatic heterocycles.